The number of carbonyl (C=O) groups excluding carboxylic acids is 1. The molecule has 0 saturated carbocycles. The first-order valence-corrected chi connectivity index (χ1v) is 9.22. The van der Waals surface area contributed by atoms with Crippen molar-refractivity contribution in [1.29, 1.82) is 0 Å². The molecule has 1 aromatic carbocycles. The van der Waals surface area contributed by atoms with E-state index < -0.39 is 0 Å². The molecule has 1 aliphatic rings. The second-order valence-corrected chi connectivity index (χ2v) is 7.46. The summed E-state index contributed by atoms with van der Waals surface area (Å²) >= 11 is 1.43. The molecule has 1 saturated heterocycles. The first-order chi connectivity index (χ1) is 11.4. The number of thioether (sulfide) groups is 1. The fourth-order valence-electron chi connectivity index (χ4n) is 2.59. The molecule has 0 N–H and O–H groups in total. The van der Waals surface area contributed by atoms with Gasteiger partial charge in [0.2, 0.25) is 5.91 Å². The number of allylic oxidation sites excluding steroid dienone is 2. The standard InChI is InChI=1S/C19H25N3OS/c1-13(2)10-15(5)11-20-21-19-22(18(23)12-24-19)17-9-7-6-8-16(17)14(3)4/h6-11,13-14H,12H2,1-5H3/b15-10-,20-11+,21-19-. The number of amidine groups is 1. The van der Waals surface area contributed by atoms with E-state index in [0.717, 1.165) is 16.8 Å². The van der Waals surface area contributed by atoms with Crippen LogP contribution >= 0.6 is 11.8 Å². The van der Waals surface area contributed by atoms with Crippen LogP contribution in [0.25, 0.3) is 0 Å². The van der Waals surface area contributed by atoms with Crippen LogP contribution in [0.15, 0.2) is 46.1 Å². The minimum absolute atomic E-state index is 0.0523. The number of rotatable bonds is 5. The Morgan fingerprint density at radius 3 is 2.62 bits per heavy atom. The van der Waals surface area contributed by atoms with Crippen LogP contribution in [0.3, 0.4) is 0 Å². The highest BCUT2D eigenvalue weighted by atomic mass is 32.2. The Hall–Kier alpha value is -1.88. The Bertz CT molecular complexity index is 690. The van der Waals surface area contributed by atoms with E-state index in [4.69, 9.17) is 0 Å². The molecule has 0 unspecified atom stereocenters. The Morgan fingerprint density at radius 2 is 1.96 bits per heavy atom. The van der Waals surface area contributed by atoms with Gasteiger partial charge in [0.25, 0.3) is 0 Å². The zero-order chi connectivity index (χ0) is 17.7. The van der Waals surface area contributed by atoms with Crippen molar-refractivity contribution < 1.29 is 4.79 Å². The SMILES string of the molecule is CC(=C/C(C)C)/C=N/N=C1\SCC(=O)N1c1ccccc1C(C)C. The minimum atomic E-state index is 0.0523. The maximum atomic E-state index is 12.4. The molecule has 5 heteroatoms. The molecule has 0 bridgehead atoms. The van der Waals surface area contributed by atoms with Gasteiger partial charge in [0, 0.05) is 0 Å². The molecule has 128 valence electrons. The van der Waals surface area contributed by atoms with Gasteiger partial charge in [0.15, 0.2) is 5.17 Å². The average molecular weight is 343 g/mol. The summed E-state index contributed by atoms with van der Waals surface area (Å²) in [6, 6.07) is 7.99. The molecule has 0 radical (unpaired) electrons. The number of para-hydroxylation sites is 1. The molecule has 1 heterocycles. The molecule has 0 spiro atoms. The maximum absolute atomic E-state index is 12.4. The number of anilines is 1. The van der Waals surface area contributed by atoms with Crippen molar-refractivity contribution in [2.24, 2.45) is 16.1 Å². The van der Waals surface area contributed by atoms with E-state index in [2.05, 4.69) is 50.0 Å². The topological polar surface area (TPSA) is 45.0 Å². The van der Waals surface area contributed by atoms with Crippen LogP contribution < -0.4 is 4.90 Å². The Balaban J connectivity index is 2.30. The third-order valence-electron chi connectivity index (χ3n) is 3.57. The molecule has 1 amide bonds. The molecule has 1 aromatic rings. The molecule has 2 rings (SSSR count). The van der Waals surface area contributed by atoms with Crippen LogP contribution in [0.5, 0.6) is 0 Å². The van der Waals surface area contributed by atoms with Crippen molar-refractivity contribution >= 4 is 34.7 Å². The van der Waals surface area contributed by atoms with Crippen LogP contribution in [0.4, 0.5) is 5.69 Å². The van der Waals surface area contributed by atoms with Gasteiger partial charge in [-0.05, 0) is 36.0 Å². The summed E-state index contributed by atoms with van der Waals surface area (Å²) < 4.78 is 0. The molecule has 0 aromatic heterocycles. The third-order valence-corrected chi connectivity index (χ3v) is 4.48. The van der Waals surface area contributed by atoms with E-state index in [1.807, 2.05) is 25.1 Å². The third kappa shape index (κ3) is 4.57. The molecular weight excluding hydrogens is 318 g/mol. The summed E-state index contributed by atoms with van der Waals surface area (Å²) in [5.74, 6) is 1.26. The predicted octanol–water partition coefficient (Wildman–Crippen LogP) is 4.83. The van der Waals surface area contributed by atoms with E-state index in [-0.39, 0.29) is 5.91 Å². The monoisotopic (exact) mass is 343 g/mol. The Labute approximate surface area is 148 Å². The number of hydrogen-bond donors (Lipinski definition) is 0. The van der Waals surface area contributed by atoms with Crippen LogP contribution in [0.2, 0.25) is 0 Å². The highest BCUT2D eigenvalue weighted by Gasteiger charge is 2.31. The van der Waals surface area contributed by atoms with Gasteiger partial charge in [-0.2, -0.15) is 5.10 Å². The molecule has 24 heavy (non-hydrogen) atoms. The zero-order valence-corrected chi connectivity index (χ0v) is 15.8. The van der Waals surface area contributed by atoms with Crippen molar-refractivity contribution in [3.8, 4) is 0 Å². The second-order valence-electron chi connectivity index (χ2n) is 6.51. The highest BCUT2D eigenvalue weighted by molar-refractivity contribution is 8.15. The number of carbonyl (C=O) groups is 1. The number of hydrogen-bond acceptors (Lipinski definition) is 4. The van der Waals surface area contributed by atoms with Crippen LogP contribution in [-0.4, -0.2) is 23.0 Å². The molecule has 0 aliphatic carbocycles. The zero-order valence-electron chi connectivity index (χ0n) is 15.0. The van der Waals surface area contributed by atoms with Gasteiger partial charge < -0.3 is 0 Å². The average Bonchev–Trinajstić information content (AvgIpc) is 2.87. The first-order valence-electron chi connectivity index (χ1n) is 8.24. The maximum Gasteiger partial charge on any atom is 0.243 e. The summed E-state index contributed by atoms with van der Waals surface area (Å²) in [5, 5.41) is 9.10. The van der Waals surface area contributed by atoms with E-state index in [9.17, 15) is 4.79 Å². The van der Waals surface area contributed by atoms with Crippen molar-refractivity contribution in [2.45, 2.75) is 40.5 Å². The number of nitrogens with zero attached hydrogens (tertiary/aromatic N) is 3. The van der Waals surface area contributed by atoms with Crippen molar-refractivity contribution in [1.82, 2.24) is 0 Å². The van der Waals surface area contributed by atoms with Gasteiger partial charge in [-0.25, -0.2) is 0 Å². The fourth-order valence-corrected chi connectivity index (χ4v) is 3.41. The largest absolute Gasteiger partial charge is 0.273 e. The van der Waals surface area contributed by atoms with Crippen molar-refractivity contribution in [3.63, 3.8) is 0 Å². The van der Waals surface area contributed by atoms with Crippen molar-refractivity contribution in [3.05, 3.63) is 41.5 Å². The van der Waals surface area contributed by atoms with Gasteiger partial charge in [-0.3, -0.25) is 9.69 Å². The van der Waals surface area contributed by atoms with Crippen LogP contribution in [0, 0.1) is 5.92 Å². The van der Waals surface area contributed by atoms with E-state index in [1.54, 1.807) is 11.1 Å². The fraction of sp³-hybridized carbons (Fsp3) is 0.421. The van der Waals surface area contributed by atoms with E-state index in [1.165, 1.54) is 11.8 Å². The predicted molar refractivity (Wildman–Crippen MR) is 105 cm³/mol. The lowest BCUT2D eigenvalue weighted by Crippen LogP contribution is -2.30. The molecule has 4 nitrogen and oxygen atoms in total. The van der Waals surface area contributed by atoms with E-state index in [0.29, 0.717) is 22.8 Å². The lowest BCUT2D eigenvalue weighted by Gasteiger charge is -2.20. The summed E-state index contributed by atoms with van der Waals surface area (Å²) in [6.45, 7) is 10.5. The minimum Gasteiger partial charge on any atom is -0.273 e. The summed E-state index contributed by atoms with van der Waals surface area (Å²) in [4.78, 5) is 14.1. The second kappa shape index (κ2) is 8.29. The Morgan fingerprint density at radius 1 is 1.25 bits per heavy atom. The smallest absolute Gasteiger partial charge is 0.243 e. The molecule has 0 atom stereocenters. The summed E-state index contributed by atoms with van der Waals surface area (Å²) in [5.41, 5.74) is 3.12. The summed E-state index contributed by atoms with van der Waals surface area (Å²) in [6.07, 6.45) is 3.87. The molecule has 1 aliphatic heterocycles. The van der Waals surface area contributed by atoms with Crippen LogP contribution in [-0.2, 0) is 4.79 Å². The van der Waals surface area contributed by atoms with Gasteiger partial charge in [-0.1, -0.05) is 63.7 Å². The molecular formula is C19H25N3OS. The van der Waals surface area contributed by atoms with E-state index >= 15 is 0 Å². The number of amides is 1. The van der Waals surface area contributed by atoms with Gasteiger partial charge in [0.1, 0.15) is 0 Å². The number of benzene rings is 1. The van der Waals surface area contributed by atoms with Crippen molar-refractivity contribution in [2.75, 3.05) is 10.7 Å². The Kier molecular flexibility index (Phi) is 6.37. The highest BCUT2D eigenvalue weighted by Crippen LogP contribution is 2.33. The van der Waals surface area contributed by atoms with Gasteiger partial charge in [-0.15, -0.1) is 5.10 Å². The van der Waals surface area contributed by atoms with Gasteiger partial charge in [0.05, 0.1) is 17.7 Å². The normalized spacial score (nSPS) is 18.0. The summed E-state index contributed by atoms with van der Waals surface area (Å²) in [7, 11) is 0. The van der Waals surface area contributed by atoms with Crippen LogP contribution in [0.1, 0.15) is 46.1 Å². The first kappa shape index (κ1) is 18.5. The van der Waals surface area contributed by atoms with Gasteiger partial charge >= 0.3 is 0 Å². The quantitative estimate of drug-likeness (QED) is 0.567. The molecule has 1 fully saturated rings. The lowest BCUT2D eigenvalue weighted by atomic mass is 10.0. The lowest BCUT2D eigenvalue weighted by molar-refractivity contribution is -0.115.